The van der Waals surface area contributed by atoms with Gasteiger partial charge in [0, 0.05) is 24.1 Å². The van der Waals surface area contributed by atoms with Crippen LogP contribution in [0.15, 0.2) is 12.1 Å². The molecule has 1 saturated carbocycles. The Kier molecular flexibility index (Phi) is 6.46. The van der Waals surface area contributed by atoms with Crippen LogP contribution in [0, 0.1) is 17.6 Å². The molecule has 0 spiro atoms. The molecule has 0 atom stereocenters. The fourth-order valence-corrected chi connectivity index (χ4v) is 4.19. The first-order valence-electron chi connectivity index (χ1n) is 9.62. The Labute approximate surface area is 153 Å². The van der Waals surface area contributed by atoms with Gasteiger partial charge in [-0.15, -0.1) is 0 Å². The van der Waals surface area contributed by atoms with E-state index in [1.807, 2.05) is 0 Å². The molecule has 1 aromatic rings. The van der Waals surface area contributed by atoms with E-state index < -0.39 is 11.6 Å². The van der Waals surface area contributed by atoms with Crippen LogP contribution in [0.5, 0.6) is 5.75 Å². The van der Waals surface area contributed by atoms with Crippen molar-refractivity contribution in [3.8, 4) is 5.75 Å². The van der Waals surface area contributed by atoms with E-state index in [1.165, 1.54) is 45.3 Å². The second-order valence-electron chi connectivity index (χ2n) is 7.36. The number of ether oxygens (including phenoxy) is 1. The molecule has 2 aliphatic rings. The summed E-state index contributed by atoms with van der Waals surface area (Å²) >= 11 is 0. The van der Waals surface area contributed by atoms with Crippen LogP contribution in [0.3, 0.4) is 0 Å². The molecule has 6 heteroatoms. The Balaban J connectivity index is 1.50. The minimum atomic E-state index is -0.750. The summed E-state index contributed by atoms with van der Waals surface area (Å²) in [6, 6.07) is 3.08. The molecule has 0 radical (unpaired) electrons. The van der Waals surface area contributed by atoms with Crippen LogP contribution in [0.1, 0.15) is 50.5 Å². The summed E-state index contributed by atoms with van der Waals surface area (Å²) in [4.78, 5) is 14.9. The van der Waals surface area contributed by atoms with E-state index in [-0.39, 0.29) is 29.7 Å². The van der Waals surface area contributed by atoms with Crippen molar-refractivity contribution < 1.29 is 18.3 Å². The average Bonchev–Trinajstić information content (AvgIpc) is 2.68. The van der Waals surface area contributed by atoms with E-state index in [0.29, 0.717) is 6.04 Å². The summed E-state index contributed by atoms with van der Waals surface area (Å²) in [5.41, 5.74) is -0.155. The molecule has 0 bridgehead atoms. The quantitative estimate of drug-likeness (QED) is 0.865. The molecule has 3 rings (SSSR count). The van der Waals surface area contributed by atoms with Crippen molar-refractivity contribution in [1.29, 1.82) is 0 Å². The first-order chi connectivity index (χ1) is 12.6. The third-order valence-electron chi connectivity index (χ3n) is 5.80. The van der Waals surface area contributed by atoms with Crippen LogP contribution >= 0.6 is 0 Å². The van der Waals surface area contributed by atoms with Crippen molar-refractivity contribution in [1.82, 2.24) is 10.2 Å². The Hall–Kier alpha value is -1.69. The highest BCUT2D eigenvalue weighted by atomic mass is 19.1. The molecule has 1 aromatic carbocycles. The van der Waals surface area contributed by atoms with E-state index >= 15 is 0 Å². The third kappa shape index (κ3) is 4.34. The fraction of sp³-hybridized carbons (Fsp3) is 0.650. The number of nitrogens with zero attached hydrogens (tertiary/aromatic N) is 1. The first kappa shape index (κ1) is 19.1. The second-order valence-corrected chi connectivity index (χ2v) is 7.36. The van der Waals surface area contributed by atoms with Gasteiger partial charge in [0.15, 0.2) is 11.6 Å². The molecule has 1 heterocycles. The molecule has 1 aliphatic carbocycles. The van der Waals surface area contributed by atoms with Gasteiger partial charge in [0.2, 0.25) is 5.91 Å². The number of rotatable bonds is 5. The molecule has 26 heavy (non-hydrogen) atoms. The van der Waals surface area contributed by atoms with Crippen molar-refractivity contribution in [2.45, 2.75) is 57.5 Å². The van der Waals surface area contributed by atoms with Gasteiger partial charge in [-0.1, -0.05) is 19.3 Å². The van der Waals surface area contributed by atoms with Crippen LogP contribution < -0.4 is 10.1 Å². The largest absolute Gasteiger partial charge is 0.494 e. The number of benzene rings is 1. The standard InChI is InChI=1S/C20H28F2N2O2/c1-26-18-8-7-17(21)16(19(18)22)13-23-20(25)14-9-11-24(12-10-14)15-5-3-2-4-6-15/h7-8,14-15H,2-6,9-13H2,1H3,(H,23,25). The topological polar surface area (TPSA) is 41.6 Å². The van der Waals surface area contributed by atoms with Crippen molar-refractivity contribution in [3.05, 3.63) is 29.3 Å². The Morgan fingerprint density at radius 2 is 1.85 bits per heavy atom. The highest BCUT2D eigenvalue weighted by molar-refractivity contribution is 5.78. The molecule has 1 amide bonds. The SMILES string of the molecule is COc1ccc(F)c(CNC(=O)C2CCN(C3CCCCC3)CC2)c1F. The number of piperidine rings is 1. The van der Waals surface area contributed by atoms with Crippen LogP contribution in [0.2, 0.25) is 0 Å². The van der Waals surface area contributed by atoms with Crippen LogP contribution in [0.4, 0.5) is 8.78 Å². The number of methoxy groups -OCH3 is 1. The fourth-order valence-electron chi connectivity index (χ4n) is 4.19. The molecule has 144 valence electrons. The zero-order valence-corrected chi connectivity index (χ0v) is 15.4. The van der Waals surface area contributed by atoms with E-state index in [4.69, 9.17) is 4.74 Å². The number of nitrogens with one attached hydrogen (secondary N) is 1. The maximum Gasteiger partial charge on any atom is 0.223 e. The number of hydrogen-bond acceptors (Lipinski definition) is 3. The lowest BCUT2D eigenvalue weighted by atomic mass is 9.90. The number of halogens is 2. The van der Waals surface area contributed by atoms with Crippen LogP contribution in [-0.4, -0.2) is 37.0 Å². The van der Waals surface area contributed by atoms with Gasteiger partial charge in [-0.25, -0.2) is 8.78 Å². The molecule has 1 N–H and O–H groups in total. The molecule has 1 aliphatic heterocycles. The molecular formula is C20H28F2N2O2. The normalized spacial score (nSPS) is 20.1. The highest BCUT2D eigenvalue weighted by Crippen LogP contribution is 2.27. The van der Waals surface area contributed by atoms with Crippen molar-refractivity contribution in [2.24, 2.45) is 5.92 Å². The van der Waals surface area contributed by atoms with Gasteiger partial charge in [0.1, 0.15) is 5.82 Å². The van der Waals surface area contributed by atoms with Crippen molar-refractivity contribution in [2.75, 3.05) is 20.2 Å². The van der Waals surface area contributed by atoms with Crippen LogP contribution in [0.25, 0.3) is 0 Å². The van der Waals surface area contributed by atoms with Gasteiger partial charge in [-0.3, -0.25) is 4.79 Å². The number of amides is 1. The molecule has 0 aromatic heterocycles. The van der Waals surface area contributed by atoms with Gasteiger partial charge in [0.05, 0.1) is 7.11 Å². The van der Waals surface area contributed by atoms with Gasteiger partial charge < -0.3 is 15.0 Å². The Morgan fingerprint density at radius 1 is 1.15 bits per heavy atom. The summed E-state index contributed by atoms with van der Waals surface area (Å²) in [5.74, 6) is -1.63. The highest BCUT2D eigenvalue weighted by Gasteiger charge is 2.29. The van der Waals surface area contributed by atoms with Gasteiger partial charge >= 0.3 is 0 Å². The zero-order valence-electron chi connectivity index (χ0n) is 15.4. The van der Waals surface area contributed by atoms with E-state index in [9.17, 15) is 13.6 Å². The van der Waals surface area contributed by atoms with Crippen LogP contribution in [-0.2, 0) is 11.3 Å². The Morgan fingerprint density at radius 3 is 2.50 bits per heavy atom. The molecule has 0 unspecified atom stereocenters. The predicted octanol–water partition coefficient (Wildman–Crippen LogP) is 3.63. The van der Waals surface area contributed by atoms with Gasteiger partial charge in [-0.05, 0) is 50.9 Å². The second kappa shape index (κ2) is 8.80. The first-order valence-corrected chi connectivity index (χ1v) is 9.62. The minimum absolute atomic E-state index is 0.0172. The molecule has 4 nitrogen and oxygen atoms in total. The summed E-state index contributed by atoms with van der Waals surface area (Å²) in [6.45, 7) is 1.71. The smallest absolute Gasteiger partial charge is 0.223 e. The average molecular weight is 366 g/mol. The molecular weight excluding hydrogens is 338 g/mol. The summed E-state index contributed by atoms with van der Waals surface area (Å²) in [6.07, 6.45) is 8.12. The van der Waals surface area contributed by atoms with Gasteiger partial charge in [0.25, 0.3) is 0 Å². The number of carbonyl (C=O) groups is 1. The summed E-state index contributed by atoms with van der Waals surface area (Å²) in [5, 5.41) is 2.70. The van der Waals surface area contributed by atoms with E-state index in [1.54, 1.807) is 0 Å². The lowest BCUT2D eigenvalue weighted by Gasteiger charge is -2.38. The molecule has 1 saturated heterocycles. The monoisotopic (exact) mass is 366 g/mol. The minimum Gasteiger partial charge on any atom is -0.494 e. The predicted molar refractivity (Wildman–Crippen MR) is 95.9 cm³/mol. The lowest BCUT2D eigenvalue weighted by molar-refractivity contribution is -0.126. The van der Waals surface area contributed by atoms with Gasteiger partial charge in [-0.2, -0.15) is 0 Å². The number of hydrogen-bond donors (Lipinski definition) is 1. The van der Waals surface area contributed by atoms with Crippen molar-refractivity contribution >= 4 is 5.91 Å². The van der Waals surface area contributed by atoms with E-state index in [2.05, 4.69) is 10.2 Å². The third-order valence-corrected chi connectivity index (χ3v) is 5.80. The Bertz CT molecular complexity index is 624. The summed E-state index contributed by atoms with van der Waals surface area (Å²) in [7, 11) is 1.33. The van der Waals surface area contributed by atoms with Crippen molar-refractivity contribution in [3.63, 3.8) is 0 Å². The maximum absolute atomic E-state index is 14.2. The van der Waals surface area contributed by atoms with E-state index in [0.717, 1.165) is 32.0 Å². The summed E-state index contributed by atoms with van der Waals surface area (Å²) < 4.78 is 32.9. The maximum atomic E-state index is 14.2. The molecule has 2 fully saturated rings. The number of carbonyl (C=O) groups excluding carboxylic acids is 1. The lowest BCUT2D eigenvalue weighted by Crippen LogP contribution is -2.45. The zero-order chi connectivity index (χ0) is 18.5. The number of likely N-dealkylation sites (tertiary alicyclic amines) is 1.